The molecule has 0 saturated heterocycles. The van der Waals surface area contributed by atoms with Crippen molar-refractivity contribution in [2.24, 2.45) is 0 Å². The van der Waals surface area contributed by atoms with E-state index in [9.17, 15) is 0 Å². The summed E-state index contributed by atoms with van der Waals surface area (Å²) in [5, 5.41) is 14.1. The lowest BCUT2D eigenvalue weighted by molar-refractivity contribution is 0.0770. The lowest BCUT2D eigenvalue weighted by atomic mass is 10.1. The maximum atomic E-state index is 6.32. The molecule has 0 fully saturated rings. The normalized spacial score (nSPS) is 11.3. The number of halogens is 2. The van der Waals surface area contributed by atoms with Crippen LogP contribution in [0.5, 0.6) is 0 Å². The summed E-state index contributed by atoms with van der Waals surface area (Å²) in [4.78, 5) is 1.66. The molecule has 0 aliphatic heterocycles. The Morgan fingerprint density at radius 1 is 1.00 bits per heavy atom. The molecule has 5 nitrogen and oxygen atoms in total. The zero-order chi connectivity index (χ0) is 20.6. The molecule has 2 aromatic carbocycles. The Labute approximate surface area is 182 Å². The van der Waals surface area contributed by atoms with Crippen LogP contribution in [0.4, 0.5) is 0 Å². The predicted molar refractivity (Wildman–Crippen MR) is 118 cm³/mol. The SMILES string of the molecule is CC(C)OCCCNCc1nn(Cc2c(Cl)cccc2Cl)nc1-c1ccccc1. The van der Waals surface area contributed by atoms with Gasteiger partial charge in [0.15, 0.2) is 0 Å². The zero-order valence-electron chi connectivity index (χ0n) is 16.7. The molecule has 0 radical (unpaired) electrons. The van der Waals surface area contributed by atoms with E-state index in [1.165, 1.54) is 0 Å². The molecule has 29 heavy (non-hydrogen) atoms. The molecule has 0 aliphatic carbocycles. The van der Waals surface area contributed by atoms with Crippen LogP contribution in [-0.4, -0.2) is 34.2 Å². The van der Waals surface area contributed by atoms with Gasteiger partial charge in [0, 0.05) is 34.3 Å². The van der Waals surface area contributed by atoms with E-state index in [1.54, 1.807) is 4.80 Å². The van der Waals surface area contributed by atoms with Crippen LogP contribution in [0.3, 0.4) is 0 Å². The monoisotopic (exact) mass is 432 g/mol. The molecule has 0 saturated carbocycles. The summed E-state index contributed by atoms with van der Waals surface area (Å²) >= 11 is 12.6. The minimum absolute atomic E-state index is 0.260. The van der Waals surface area contributed by atoms with E-state index in [-0.39, 0.29) is 6.10 Å². The molecule has 1 heterocycles. The maximum absolute atomic E-state index is 6.32. The van der Waals surface area contributed by atoms with Gasteiger partial charge in [0.1, 0.15) is 11.4 Å². The predicted octanol–water partition coefficient (Wildman–Crippen LogP) is 5.20. The van der Waals surface area contributed by atoms with Crippen molar-refractivity contribution in [1.29, 1.82) is 0 Å². The molecule has 1 N–H and O–H groups in total. The molecule has 0 atom stereocenters. The summed E-state index contributed by atoms with van der Waals surface area (Å²) in [6.45, 7) is 6.73. The van der Waals surface area contributed by atoms with Gasteiger partial charge >= 0.3 is 0 Å². The third kappa shape index (κ3) is 6.28. The fourth-order valence-electron chi connectivity index (χ4n) is 2.94. The minimum Gasteiger partial charge on any atom is -0.379 e. The number of nitrogens with zero attached hydrogens (tertiary/aromatic N) is 3. The quantitative estimate of drug-likeness (QED) is 0.447. The number of benzene rings is 2. The van der Waals surface area contributed by atoms with Crippen molar-refractivity contribution in [1.82, 2.24) is 20.3 Å². The number of nitrogens with one attached hydrogen (secondary N) is 1. The van der Waals surface area contributed by atoms with Gasteiger partial charge in [-0.15, -0.1) is 0 Å². The van der Waals surface area contributed by atoms with Gasteiger partial charge in [-0.25, -0.2) is 0 Å². The van der Waals surface area contributed by atoms with Gasteiger partial charge in [-0.1, -0.05) is 59.6 Å². The Morgan fingerprint density at radius 2 is 1.72 bits per heavy atom. The van der Waals surface area contributed by atoms with Gasteiger partial charge in [-0.05, 0) is 38.9 Å². The van der Waals surface area contributed by atoms with E-state index in [0.717, 1.165) is 42.1 Å². The van der Waals surface area contributed by atoms with Crippen LogP contribution in [0.2, 0.25) is 10.0 Å². The van der Waals surface area contributed by atoms with Crippen molar-refractivity contribution >= 4 is 23.2 Å². The largest absolute Gasteiger partial charge is 0.379 e. The van der Waals surface area contributed by atoms with Gasteiger partial charge in [0.25, 0.3) is 0 Å². The van der Waals surface area contributed by atoms with Crippen molar-refractivity contribution in [3.63, 3.8) is 0 Å². The average Bonchev–Trinajstić information content (AvgIpc) is 3.11. The second-order valence-electron chi connectivity index (χ2n) is 7.04. The van der Waals surface area contributed by atoms with E-state index in [4.69, 9.17) is 38.1 Å². The van der Waals surface area contributed by atoms with Crippen molar-refractivity contribution < 1.29 is 4.74 Å². The van der Waals surface area contributed by atoms with E-state index < -0.39 is 0 Å². The molecule has 1 aromatic heterocycles. The summed E-state index contributed by atoms with van der Waals surface area (Å²) in [5.74, 6) is 0. The summed E-state index contributed by atoms with van der Waals surface area (Å²) in [6, 6.07) is 15.5. The first-order valence-corrected chi connectivity index (χ1v) is 10.5. The van der Waals surface area contributed by atoms with Crippen LogP contribution in [0.25, 0.3) is 11.3 Å². The van der Waals surface area contributed by atoms with E-state index >= 15 is 0 Å². The molecule has 0 unspecified atom stereocenters. The lowest BCUT2D eigenvalue weighted by Gasteiger charge is -2.08. The van der Waals surface area contributed by atoms with E-state index in [2.05, 4.69) is 5.32 Å². The first-order chi connectivity index (χ1) is 14.0. The third-order valence-electron chi connectivity index (χ3n) is 4.37. The van der Waals surface area contributed by atoms with E-state index in [1.807, 2.05) is 62.4 Å². The number of rotatable bonds is 10. The molecule has 0 amide bonds. The fourth-order valence-corrected chi connectivity index (χ4v) is 3.46. The second kappa shape index (κ2) is 10.7. The topological polar surface area (TPSA) is 52.0 Å². The van der Waals surface area contributed by atoms with Gasteiger partial charge in [-0.3, -0.25) is 0 Å². The molecule has 0 aliphatic rings. The molecule has 7 heteroatoms. The number of hydrogen-bond acceptors (Lipinski definition) is 4. The van der Waals surface area contributed by atoms with Gasteiger partial charge in [0.2, 0.25) is 0 Å². The maximum Gasteiger partial charge on any atom is 0.117 e. The summed E-state index contributed by atoms with van der Waals surface area (Å²) < 4.78 is 5.58. The van der Waals surface area contributed by atoms with Gasteiger partial charge in [-0.2, -0.15) is 15.0 Å². The molecule has 154 valence electrons. The Hall–Kier alpha value is -1.92. The molecular weight excluding hydrogens is 407 g/mol. The highest BCUT2D eigenvalue weighted by molar-refractivity contribution is 6.35. The van der Waals surface area contributed by atoms with Crippen LogP contribution in [-0.2, 0) is 17.8 Å². The van der Waals surface area contributed by atoms with Gasteiger partial charge in [0.05, 0.1) is 12.6 Å². The van der Waals surface area contributed by atoms with Crippen molar-refractivity contribution in [3.8, 4) is 11.3 Å². The number of aromatic nitrogens is 3. The summed E-state index contributed by atoms with van der Waals surface area (Å²) in [7, 11) is 0. The molecular formula is C22H26Cl2N4O. The zero-order valence-corrected chi connectivity index (χ0v) is 18.2. The Balaban J connectivity index is 1.74. The van der Waals surface area contributed by atoms with Crippen molar-refractivity contribution in [2.45, 2.75) is 39.5 Å². The lowest BCUT2D eigenvalue weighted by Crippen LogP contribution is -2.18. The Bertz CT molecular complexity index is 892. The standard InChI is InChI=1S/C22H26Cl2N4O/c1-16(2)29-13-7-12-25-14-21-22(17-8-4-3-5-9-17)27-28(26-21)15-18-19(23)10-6-11-20(18)24/h3-6,8-11,16,25H,7,12-15H2,1-2H3. The first kappa shape index (κ1) is 21.8. The summed E-state index contributed by atoms with van der Waals surface area (Å²) in [6.07, 6.45) is 1.21. The highest BCUT2D eigenvalue weighted by Crippen LogP contribution is 2.26. The van der Waals surface area contributed by atoms with Crippen LogP contribution in [0.15, 0.2) is 48.5 Å². The highest BCUT2D eigenvalue weighted by Gasteiger charge is 2.15. The van der Waals surface area contributed by atoms with Gasteiger partial charge < -0.3 is 10.1 Å². The minimum atomic E-state index is 0.260. The van der Waals surface area contributed by atoms with Crippen LogP contribution >= 0.6 is 23.2 Å². The molecule has 0 spiro atoms. The first-order valence-electron chi connectivity index (χ1n) is 9.79. The Kier molecular flexibility index (Phi) is 8.07. The van der Waals surface area contributed by atoms with Crippen LogP contribution in [0, 0.1) is 0 Å². The summed E-state index contributed by atoms with van der Waals surface area (Å²) in [5.41, 5.74) is 3.60. The highest BCUT2D eigenvalue weighted by atomic mass is 35.5. The Morgan fingerprint density at radius 3 is 2.41 bits per heavy atom. The smallest absolute Gasteiger partial charge is 0.117 e. The fraction of sp³-hybridized carbons (Fsp3) is 0.364. The average molecular weight is 433 g/mol. The van der Waals surface area contributed by atoms with E-state index in [0.29, 0.717) is 23.1 Å². The van der Waals surface area contributed by atoms with Crippen molar-refractivity contribution in [2.75, 3.05) is 13.2 Å². The number of ether oxygens (including phenoxy) is 1. The van der Waals surface area contributed by atoms with Crippen LogP contribution < -0.4 is 5.32 Å². The number of hydrogen-bond donors (Lipinski definition) is 1. The molecule has 0 bridgehead atoms. The van der Waals surface area contributed by atoms with Crippen LogP contribution in [0.1, 0.15) is 31.5 Å². The molecule has 3 aromatic rings. The second-order valence-corrected chi connectivity index (χ2v) is 7.86. The third-order valence-corrected chi connectivity index (χ3v) is 5.08. The van der Waals surface area contributed by atoms with Crippen molar-refractivity contribution in [3.05, 3.63) is 69.8 Å². The molecule has 3 rings (SSSR count).